The molecule has 1 heterocycles. The van der Waals surface area contributed by atoms with E-state index in [2.05, 4.69) is 16.9 Å². The smallest absolute Gasteiger partial charge is 0.356 e. The SMILES string of the molecule is CCCCCCCOc1ccc(-c2cnc(C(=O)O)cn2)cc1. The number of rotatable bonds is 9. The summed E-state index contributed by atoms with van der Waals surface area (Å²) in [5, 5.41) is 8.81. The molecule has 0 aliphatic carbocycles. The molecule has 0 atom stereocenters. The lowest BCUT2D eigenvalue weighted by molar-refractivity contribution is 0.0690. The summed E-state index contributed by atoms with van der Waals surface area (Å²) in [6.45, 7) is 2.94. The molecule has 0 spiro atoms. The van der Waals surface area contributed by atoms with Gasteiger partial charge in [-0.15, -0.1) is 0 Å². The molecule has 0 aliphatic heterocycles. The summed E-state index contributed by atoms with van der Waals surface area (Å²) in [6.07, 6.45) is 8.81. The van der Waals surface area contributed by atoms with Gasteiger partial charge in [-0.1, -0.05) is 32.6 Å². The Morgan fingerprint density at radius 1 is 1.04 bits per heavy atom. The van der Waals surface area contributed by atoms with Gasteiger partial charge in [-0.05, 0) is 30.7 Å². The van der Waals surface area contributed by atoms with Crippen LogP contribution in [0.4, 0.5) is 0 Å². The Labute approximate surface area is 136 Å². The van der Waals surface area contributed by atoms with Crippen molar-refractivity contribution >= 4 is 5.97 Å². The maximum atomic E-state index is 10.8. The minimum Gasteiger partial charge on any atom is -0.494 e. The summed E-state index contributed by atoms with van der Waals surface area (Å²) >= 11 is 0. The van der Waals surface area contributed by atoms with Crippen LogP contribution in [0.1, 0.15) is 49.5 Å². The molecule has 0 saturated carbocycles. The number of nitrogens with zero attached hydrogens (tertiary/aromatic N) is 2. The van der Waals surface area contributed by atoms with Crippen molar-refractivity contribution in [1.29, 1.82) is 0 Å². The van der Waals surface area contributed by atoms with E-state index in [4.69, 9.17) is 9.84 Å². The van der Waals surface area contributed by atoms with E-state index >= 15 is 0 Å². The second kappa shape index (κ2) is 8.88. The monoisotopic (exact) mass is 314 g/mol. The maximum absolute atomic E-state index is 10.8. The fraction of sp³-hybridized carbons (Fsp3) is 0.389. The van der Waals surface area contributed by atoms with Gasteiger partial charge < -0.3 is 9.84 Å². The first-order chi connectivity index (χ1) is 11.2. The zero-order valence-corrected chi connectivity index (χ0v) is 13.4. The first-order valence-electron chi connectivity index (χ1n) is 7.99. The van der Waals surface area contributed by atoms with Gasteiger partial charge in [-0.2, -0.15) is 0 Å². The first kappa shape index (κ1) is 16.9. The van der Waals surface area contributed by atoms with Gasteiger partial charge in [-0.25, -0.2) is 9.78 Å². The standard InChI is InChI=1S/C18H22N2O3/c1-2-3-4-5-6-11-23-15-9-7-14(8-10-15)16-12-20-17(13-19-16)18(21)22/h7-10,12-13H,2-6,11H2,1H3,(H,21,22). The van der Waals surface area contributed by atoms with E-state index in [-0.39, 0.29) is 5.69 Å². The molecule has 0 saturated heterocycles. The second-order valence-corrected chi connectivity index (χ2v) is 5.38. The highest BCUT2D eigenvalue weighted by Crippen LogP contribution is 2.20. The van der Waals surface area contributed by atoms with Gasteiger partial charge in [0.15, 0.2) is 5.69 Å². The van der Waals surface area contributed by atoms with E-state index in [1.54, 1.807) is 0 Å². The van der Waals surface area contributed by atoms with Crippen LogP contribution < -0.4 is 4.74 Å². The van der Waals surface area contributed by atoms with Crippen molar-refractivity contribution in [1.82, 2.24) is 9.97 Å². The maximum Gasteiger partial charge on any atom is 0.356 e. The Morgan fingerprint density at radius 2 is 1.78 bits per heavy atom. The fourth-order valence-electron chi connectivity index (χ4n) is 2.21. The molecule has 0 radical (unpaired) electrons. The Balaban J connectivity index is 1.85. The van der Waals surface area contributed by atoms with Crippen LogP contribution in [0.3, 0.4) is 0 Å². The minimum atomic E-state index is -1.08. The summed E-state index contributed by atoms with van der Waals surface area (Å²) in [5.74, 6) is -0.244. The zero-order chi connectivity index (χ0) is 16.5. The molecule has 1 aromatic carbocycles. The number of hydrogen-bond donors (Lipinski definition) is 1. The normalized spacial score (nSPS) is 10.5. The largest absolute Gasteiger partial charge is 0.494 e. The Kier molecular flexibility index (Phi) is 6.54. The van der Waals surface area contributed by atoms with Crippen molar-refractivity contribution in [2.75, 3.05) is 6.61 Å². The molecule has 122 valence electrons. The average Bonchev–Trinajstić information content (AvgIpc) is 2.58. The molecule has 5 nitrogen and oxygen atoms in total. The number of carboxylic acid groups (broad SMARTS) is 1. The van der Waals surface area contributed by atoms with Crippen LogP contribution in [0.5, 0.6) is 5.75 Å². The lowest BCUT2D eigenvalue weighted by atomic mass is 10.1. The van der Waals surface area contributed by atoms with Gasteiger partial charge in [-0.3, -0.25) is 4.98 Å². The van der Waals surface area contributed by atoms with Crippen LogP contribution in [-0.4, -0.2) is 27.7 Å². The molecule has 1 aromatic heterocycles. The van der Waals surface area contributed by atoms with E-state index in [9.17, 15) is 4.79 Å². The highest BCUT2D eigenvalue weighted by atomic mass is 16.5. The van der Waals surface area contributed by atoms with Crippen molar-refractivity contribution in [2.45, 2.75) is 39.0 Å². The molecule has 0 aliphatic rings. The third kappa shape index (κ3) is 5.36. The van der Waals surface area contributed by atoms with E-state index in [1.165, 1.54) is 38.1 Å². The number of benzene rings is 1. The molecular formula is C18H22N2O3. The molecule has 0 amide bonds. The third-order valence-electron chi connectivity index (χ3n) is 3.54. The number of aromatic nitrogens is 2. The van der Waals surface area contributed by atoms with Crippen molar-refractivity contribution in [3.8, 4) is 17.0 Å². The lowest BCUT2D eigenvalue weighted by Crippen LogP contribution is -2.01. The Hall–Kier alpha value is -2.43. The molecule has 0 fully saturated rings. The molecule has 2 rings (SSSR count). The molecule has 1 N–H and O–H groups in total. The van der Waals surface area contributed by atoms with Crippen LogP contribution in [0.2, 0.25) is 0 Å². The molecule has 5 heteroatoms. The van der Waals surface area contributed by atoms with Gasteiger partial charge in [0.1, 0.15) is 5.75 Å². The molecule has 23 heavy (non-hydrogen) atoms. The average molecular weight is 314 g/mol. The molecule has 2 aromatic rings. The first-order valence-corrected chi connectivity index (χ1v) is 7.99. The zero-order valence-electron chi connectivity index (χ0n) is 13.4. The van der Waals surface area contributed by atoms with Crippen LogP contribution in [0, 0.1) is 0 Å². The van der Waals surface area contributed by atoms with Crippen LogP contribution in [0.25, 0.3) is 11.3 Å². The molecular weight excluding hydrogens is 292 g/mol. The van der Waals surface area contributed by atoms with Crippen molar-refractivity contribution < 1.29 is 14.6 Å². The fourth-order valence-corrected chi connectivity index (χ4v) is 2.21. The topological polar surface area (TPSA) is 72.3 Å². The third-order valence-corrected chi connectivity index (χ3v) is 3.54. The predicted molar refractivity (Wildman–Crippen MR) is 88.7 cm³/mol. The van der Waals surface area contributed by atoms with E-state index in [1.807, 2.05) is 24.3 Å². The Bertz CT molecular complexity index is 609. The lowest BCUT2D eigenvalue weighted by Gasteiger charge is -2.07. The second-order valence-electron chi connectivity index (χ2n) is 5.38. The van der Waals surface area contributed by atoms with Crippen molar-refractivity contribution in [3.63, 3.8) is 0 Å². The number of ether oxygens (including phenoxy) is 1. The van der Waals surface area contributed by atoms with Crippen LogP contribution >= 0.6 is 0 Å². The van der Waals surface area contributed by atoms with Gasteiger partial charge >= 0.3 is 5.97 Å². The van der Waals surface area contributed by atoms with Crippen molar-refractivity contribution in [2.24, 2.45) is 0 Å². The van der Waals surface area contributed by atoms with E-state index in [0.29, 0.717) is 5.69 Å². The highest BCUT2D eigenvalue weighted by Gasteiger charge is 2.06. The quantitative estimate of drug-likeness (QED) is 0.703. The summed E-state index contributed by atoms with van der Waals surface area (Å²) in [5.41, 5.74) is 1.46. The number of hydrogen-bond acceptors (Lipinski definition) is 4. The van der Waals surface area contributed by atoms with Gasteiger partial charge in [0.2, 0.25) is 0 Å². The van der Waals surface area contributed by atoms with E-state index in [0.717, 1.165) is 24.3 Å². The number of aromatic carboxylic acids is 1. The van der Waals surface area contributed by atoms with Crippen LogP contribution in [-0.2, 0) is 0 Å². The Morgan fingerprint density at radius 3 is 2.39 bits per heavy atom. The minimum absolute atomic E-state index is 0.0585. The summed E-state index contributed by atoms with van der Waals surface area (Å²) in [7, 11) is 0. The summed E-state index contributed by atoms with van der Waals surface area (Å²) in [6, 6.07) is 7.59. The van der Waals surface area contributed by atoms with Crippen LogP contribution in [0.15, 0.2) is 36.7 Å². The van der Waals surface area contributed by atoms with E-state index < -0.39 is 5.97 Å². The number of carboxylic acids is 1. The molecule has 0 bridgehead atoms. The van der Waals surface area contributed by atoms with Gasteiger partial charge in [0.05, 0.1) is 24.7 Å². The number of unbranched alkanes of at least 4 members (excludes halogenated alkanes) is 4. The number of carbonyl (C=O) groups is 1. The predicted octanol–water partition coefficient (Wildman–Crippen LogP) is 4.19. The highest BCUT2D eigenvalue weighted by molar-refractivity contribution is 5.85. The summed E-state index contributed by atoms with van der Waals surface area (Å²) in [4.78, 5) is 18.7. The van der Waals surface area contributed by atoms with Gasteiger partial charge in [0.25, 0.3) is 0 Å². The summed E-state index contributed by atoms with van der Waals surface area (Å²) < 4.78 is 5.71. The van der Waals surface area contributed by atoms with Gasteiger partial charge in [0, 0.05) is 5.56 Å². The van der Waals surface area contributed by atoms with Crippen molar-refractivity contribution in [3.05, 3.63) is 42.4 Å². The molecule has 0 unspecified atom stereocenters.